The molecule has 0 bridgehead atoms. The highest BCUT2D eigenvalue weighted by Crippen LogP contribution is 2.23. The lowest BCUT2D eigenvalue weighted by Crippen LogP contribution is -2.42. The summed E-state index contributed by atoms with van der Waals surface area (Å²) >= 11 is 6.15. The average molecular weight is 386 g/mol. The Kier molecular flexibility index (Phi) is 5.28. The molecule has 0 radical (unpaired) electrons. The number of nitrogens with zero attached hydrogens (tertiary/aromatic N) is 1. The summed E-state index contributed by atoms with van der Waals surface area (Å²) in [6.45, 7) is 3.91. The molecule has 0 aliphatic heterocycles. The van der Waals surface area contributed by atoms with E-state index in [-0.39, 0.29) is 16.1 Å². The number of carbonyl (C=O) groups is 2. The zero-order valence-corrected chi connectivity index (χ0v) is 15.5. The number of hydrazine groups is 1. The number of benzene rings is 2. The molecule has 0 atom stereocenters. The van der Waals surface area contributed by atoms with E-state index in [0.29, 0.717) is 0 Å². The molecule has 3 aromatic rings. The van der Waals surface area contributed by atoms with Gasteiger partial charge in [-0.1, -0.05) is 23.7 Å². The molecule has 0 spiro atoms. The Labute approximate surface area is 160 Å². The molecule has 3 rings (SSSR count). The molecule has 0 saturated carbocycles. The molecule has 1 aromatic heterocycles. The third-order valence-corrected chi connectivity index (χ3v) is 4.46. The SMILES string of the molecule is Cc1ccc(C)n1-c1ccc(Cl)c(C(=O)NNC(=O)c2ccccc2F)c1. The smallest absolute Gasteiger partial charge is 0.272 e. The van der Waals surface area contributed by atoms with Crippen molar-refractivity contribution in [3.63, 3.8) is 0 Å². The molecule has 138 valence electrons. The van der Waals surface area contributed by atoms with Crippen molar-refractivity contribution in [1.29, 1.82) is 0 Å². The number of nitrogens with one attached hydrogen (secondary N) is 2. The lowest BCUT2D eigenvalue weighted by molar-refractivity contribution is 0.0844. The third kappa shape index (κ3) is 3.85. The molecular formula is C20H17ClFN3O2. The van der Waals surface area contributed by atoms with E-state index < -0.39 is 17.6 Å². The van der Waals surface area contributed by atoms with E-state index >= 15 is 0 Å². The van der Waals surface area contributed by atoms with Gasteiger partial charge in [0.25, 0.3) is 11.8 Å². The topological polar surface area (TPSA) is 63.1 Å². The molecule has 5 nitrogen and oxygen atoms in total. The average Bonchev–Trinajstić information content (AvgIpc) is 2.99. The summed E-state index contributed by atoms with van der Waals surface area (Å²) in [4.78, 5) is 24.5. The molecule has 27 heavy (non-hydrogen) atoms. The van der Waals surface area contributed by atoms with Gasteiger partial charge in [0.2, 0.25) is 0 Å². The van der Waals surface area contributed by atoms with Crippen LogP contribution in [0.4, 0.5) is 4.39 Å². The second-order valence-electron chi connectivity index (χ2n) is 6.00. The molecule has 0 aliphatic rings. The summed E-state index contributed by atoms with van der Waals surface area (Å²) in [6.07, 6.45) is 0. The second kappa shape index (κ2) is 7.63. The van der Waals surface area contributed by atoms with Crippen molar-refractivity contribution >= 4 is 23.4 Å². The summed E-state index contributed by atoms with van der Waals surface area (Å²) in [7, 11) is 0. The van der Waals surface area contributed by atoms with Crippen molar-refractivity contribution in [3.8, 4) is 5.69 Å². The van der Waals surface area contributed by atoms with Crippen molar-refractivity contribution in [2.75, 3.05) is 0 Å². The Morgan fingerprint density at radius 1 is 0.889 bits per heavy atom. The summed E-state index contributed by atoms with van der Waals surface area (Å²) in [5.41, 5.74) is 7.27. The number of carbonyl (C=O) groups excluding carboxylic acids is 2. The van der Waals surface area contributed by atoms with Crippen molar-refractivity contribution < 1.29 is 14.0 Å². The van der Waals surface area contributed by atoms with Crippen LogP contribution < -0.4 is 10.9 Å². The van der Waals surface area contributed by atoms with Crippen molar-refractivity contribution in [2.24, 2.45) is 0 Å². The van der Waals surface area contributed by atoms with E-state index in [1.54, 1.807) is 18.2 Å². The first kappa shape index (κ1) is 18.7. The first-order valence-electron chi connectivity index (χ1n) is 8.18. The predicted molar refractivity (Wildman–Crippen MR) is 102 cm³/mol. The first-order valence-corrected chi connectivity index (χ1v) is 8.56. The largest absolute Gasteiger partial charge is 0.318 e. The quantitative estimate of drug-likeness (QED) is 0.670. The Balaban J connectivity index is 1.80. The molecule has 1 heterocycles. The number of rotatable bonds is 3. The van der Waals surface area contributed by atoms with Crippen LogP contribution in [0.2, 0.25) is 5.02 Å². The maximum absolute atomic E-state index is 13.6. The van der Waals surface area contributed by atoms with E-state index in [2.05, 4.69) is 10.9 Å². The Morgan fingerprint density at radius 3 is 2.11 bits per heavy atom. The summed E-state index contributed by atoms with van der Waals surface area (Å²) in [5.74, 6) is -2.04. The fourth-order valence-corrected chi connectivity index (χ4v) is 3.00. The van der Waals surface area contributed by atoms with E-state index in [1.165, 1.54) is 24.3 Å². The van der Waals surface area contributed by atoms with Crippen LogP contribution in [0.1, 0.15) is 32.1 Å². The number of aryl methyl sites for hydroxylation is 2. The van der Waals surface area contributed by atoms with Gasteiger partial charge in [-0.05, 0) is 56.3 Å². The minimum Gasteiger partial charge on any atom is -0.318 e. The van der Waals surface area contributed by atoms with Gasteiger partial charge in [0.1, 0.15) is 5.82 Å². The number of aromatic nitrogens is 1. The molecule has 0 fully saturated rings. The van der Waals surface area contributed by atoms with Gasteiger partial charge < -0.3 is 4.57 Å². The predicted octanol–water partition coefficient (Wildman–Crippen LogP) is 3.96. The standard InChI is InChI=1S/C20H17ClFN3O2/c1-12-7-8-13(2)25(12)14-9-10-17(21)16(11-14)20(27)24-23-19(26)15-5-3-4-6-18(15)22/h3-11H,1-2H3,(H,23,26)(H,24,27). The first-order chi connectivity index (χ1) is 12.9. The lowest BCUT2D eigenvalue weighted by Gasteiger charge is -2.13. The zero-order chi connectivity index (χ0) is 19.6. The van der Waals surface area contributed by atoms with Crippen LogP contribution >= 0.6 is 11.6 Å². The van der Waals surface area contributed by atoms with Gasteiger partial charge in [0.05, 0.1) is 16.1 Å². The highest BCUT2D eigenvalue weighted by Gasteiger charge is 2.16. The molecule has 7 heteroatoms. The van der Waals surface area contributed by atoms with Crippen LogP contribution in [-0.2, 0) is 0 Å². The van der Waals surface area contributed by atoms with Gasteiger partial charge >= 0.3 is 0 Å². The van der Waals surface area contributed by atoms with Crippen molar-refractivity contribution in [2.45, 2.75) is 13.8 Å². The minimum atomic E-state index is -0.758. The molecule has 2 N–H and O–H groups in total. The molecule has 0 unspecified atom stereocenters. The van der Waals surface area contributed by atoms with Gasteiger partial charge in [-0.3, -0.25) is 20.4 Å². The van der Waals surface area contributed by atoms with E-state index in [0.717, 1.165) is 17.1 Å². The van der Waals surface area contributed by atoms with Gasteiger partial charge in [0.15, 0.2) is 0 Å². The molecular weight excluding hydrogens is 369 g/mol. The molecule has 2 amide bonds. The summed E-state index contributed by atoms with van der Waals surface area (Å²) < 4.78 is 15.6. The number of hydrogen-bond donors (Lipinski definition) is 2. The second-order valence-corrected chi connectivity index (χ2v) is 6.41. The number of amides is 2. The Morgan fingerprint density at radius 2 is 1.48 bits per heavy atom. The fraction of sp³-hybridized carbons (Fsp3) is 0.100. The van der Waals surface area contributed by atoms with Gasteiger partial charge in [-0.15, -0.1) is 0 Å². The summed E-state index contributed by atoms with van der Waals surface area (Å²) in [5, 5.41) is 0.235. The number of halogens is 2. The van der Waals surface area contributed by atoms with Crippen LogP contribution in [0, 0.1) is 19.7 Å². The van der Waals surface area contributed by atoms with Crippen LogP contribution in [0.15, 0.2) is 54.6 Å². The maximum atomic E-state index is 13.6. The van der Waals surface area contributed by atoms with Crippen LogP contribution in [0.5, 0.6) is 0 Å². The minimum absolute atomic E-state index is 0.170. The maximum Gasteiger partial charge on any atom is 0.272 e. The van der Waals surface area contributed by atoms with E-state index in [1.807, 2.05) is 30.5 Å². The van der Waals surface area contributed by atoms with E-state index in [4.69, 9.17) is 11.6 Å². The zero-order valence-electron chi connectivity index (χ0n) is 14.7. The highest BCUT2D eigenvalue weighted by molar-refractivity contribution is 6.34. The summed E-state index contributed by atoms with van der Waals surface area (Å²) in [6, 6.07) is 14.5. The van der Waals surface area contributed by atoms with Crippen LogP contribution in [-0.4, -0.2) is 16.4 Å². The number of hydrogen-bond acceptors (Lipinski definition) is 2. The normalized spacial score (nSPS) is 10.5. The van der Waals surface area contributed by atoms with Gasteiger partial charge in [-0.25, -0.2) is 4.39 Å². The fourth-order valence-electron chi connectivity index (χ4n) is 2.80. The Bertz CT molecular complexity index is 1010. The van der Waals surface area contributed by atoms with Crippen LogP contribution in [0.25, 0.3) is 5.69 Å². The van der Waals surface area contributed by atoms with Crippen molar-refractivity contribution in [1.82, 2.24) is 15.4 Å². The lowest BCUT2D eigenvalue weighted by atomic mass is 10.1. The molecule has 2 aromatic carbocycles. The van der Waals surface area contributed by atoms with Gasteiger partial charge in [-0.2, -0.15) is 0 Å². The third-order valence-electron chi connectivity index (χ3n) is 4.13. The van der Waals surface area contributed by atoms with Crippen molar-refractivity contribution in [3.05, 3.63) is 88.0 Å². The monoisotopic (exact) mass is 385 g/mol. The molecule has 0 aliphatic carbocycles. The van der Waals surface area contributed by atoms with Crippen LogP contribution in [0.3, 0.4) is 0 Å². The van der Waals surface area contributed by atoms with Gasteiger partial charge in [0, 0.05) is 17.1 Å². The van der Waals surface area contributed by atoms with E-state index in [9.17, 15) is 14.0 Å². The molecule has 0 saturated heterocycles. The Hall–Kier alpha value is -3.12. The highest BCUT2D eigenvalue weighted by atomic mass is 35.5.